The van der Waals surface area contributed by atoms with Gasteiger partial charge < -0.3 is 10.3 Å². The highest BCUT2D eigenvalue weighted by Crippen LogP contribution is 2.28. The third kappa shape index (κ3) is 3.07. The Hall–Kier alpha value is -2.97. The topological polar surface area (TPSA) is 127 Å². The molecule has 0 saturated carbocycles. The Kier molecular flexibility index (Phi) is 3.89. The molecule has 104 valence electrons. The number of benzene rings is 1. The number of anilines is 1. The van der Waals surface area contributed by atoms with Gasteiger partial charge in [-0.15, -0.1) is 0 Å². The van der Waals surface area contributed by atoms with Crippen molar-refractivity contribution in [1.82, 2.24) is 9.97 Å². The van der Waals surface area contributed by atoms with Crippen molar-refractivity contribution in [3.63, 3.8) is 0 Å². The summed E-state index contributed by atoms with van der Waals surface area (Å²) in [4.78, 5) is 27.1. The smallest absolute Gasteiger partial charge is 0.299 e. The summed E-state index contributed by atoms with van der Waals surface area (Å²) in [5, 5.41) is 24.4. The SMILES string of the molecule is O=[N+]([O-])c1ccc(NCCc2ncc[nH]2)c([N+](=O)[O-])c1. The number of rotatable bonds is 6. The minimum Gasteiger partial charge on any atom is -0.379 e. The molecule has 0 unspecified atom stereocenters. The molecule has 0 amide bonds. The van der Waals surface area contributed by atoms with Crippen LogP contribution < -0.4 is 5.32 Å². The zero-order valence-electron chi connectivity index (χ0n) is 10.3. The van der Waals surface area contributed by atoms with Crippen LogP contribution >= 0.6 is 0 Å². The second kappa shape index (κ2) is 5.78. The Morgan fingerprint density at radius 1 is 1.25 bits per heavy atom. The summed E-state index contributed by atoms with van der Waals surface area (Å²) in [5.74, 6) is 0.752. The van der Waals surface area contributed by atoms with Crippen molar-refractivity contribution < 1.29 is 9.85 Å². The molecule has 0 aliphatic heterocycles. The second-order valence-corrected chi connectivity index (χ2v) is 3.93. The molecule has 0 bridgehead atoms. The number of nitrogens with zero attached hydrogens (tertiary/aromatic N) is 3. The monoisotopic (exact) mass is 277 g/mol. The molecule has 9 nitrogen and oxygen atoms in total. The fourth-order valence-corrected chi connectivity index (χ4v) is 1.68. The van der Waals surface area contributed by atoms with Crippen molar-refractivity contribution in [2.45, 2.75) is 6.42 Å². The number of non-ortho nitro benzene ring substituents is 1. The summed E-state index contributed by atoms with van der Waals surface area (Å²) in [7, 11) is 0. The third-order valence-electron chi connectivity index (χ3n) is 2.62. The first-order valence-corrected chi connectivity index (χ1v) is 5.73. The van der Waals surface area contributed by atoms with Gasteiger partial charge in [-0.2, -0.15) is 0 Å². The van der Waals surface area contributed by atoms with Gasteiger partial charge in [0.05, 0.1) is 15.9 Å². The largest absolute Gasteiger partial charge is 0.379 e. The number of aromatic amines is 1. The average molecular weight is 277 g/mol. The molecule has 0 saturated heterocycles. The molecule has 0 atom stereocenters. The highest BCUT2D eigenvalue weighted by Gasteiger charge is 2.18. The van der Waals surface area contributed by atoms with Crippen LogP contribution in [0.25, 0.3) is 0 Å². The summed E-state index contributed by atoms with van der Waals surface area (Å²) < 4.78 is 0. The maximum Gasteiger partial charge on any atom is 0.299 e. The minimum atomic E-state index is -0.667. The zero-order chi connectivity index (χ0) is 14.5. The highest BCUT2D eigenvalue weighted by atomic mass is 16.6. The standard InChI is InChI=1S/C11H11N5O4/c17-15(18)8-1-2-9(10(7-8)16(19)20)12-4-3-11-13-5-6-14-11/h1-2,5-7,12H,3-4H2,(H,13,14). The number of hydrogen-bond acceptors (Lipinski definition) is 6. The number of nitro benzene ring substituents is 2. The maximum absolute atomic E-state index is 10.9. The van der Waals surface area contributed by atoms with Crippen LogP contribution in [-0.2, 0) is 6.42 Å². The van der Waals surface area contributed by atoms with E-state index in [0.29, 0.717) is 13.0 Å². The van der Waals surface area contributed by atoms with E-state index >= 15 is 0 Å². The molecule has 1 aromatic heterocycles. The van der Waals surface area contributed by atoms with Crippen molar-refractivity contribution in [2.75, 3.05) is 11.9 Å². The molecule has 0 radical (unpaired) electrons. The molecule has 2 aromatic rings. The van der Waals surface area contributed by atoms with Gasteiger partial charge in [-0.3, -0.25) is 20.2 Å². The molecule has 0 spiro atoms. The second-order valence-electron chi connectivity index (χ2n) is 3.93. The van der Waals surface area contributed by atoms with Crippen LogP contribution in [0.4, 0.5) is 17.1 Å². The van der Waals surface area contributed by atoms with Gasteiger partial charge in [0.25, 0.3) is 11.4 Å². The molecule has 1 aromatic carbocycles. The average Bonchev–Trinajstić information content (AvgIpc) is 2.91. The Morgan fingerprint density at radius 2 is 2.05 bits per heavy atom. The lowest BCUT2D eigenvalue weighted by molar-refractivity contribution is -0.393. The van der Waals surface area contributed by atoms with Gasteiger partial charge in [-0.1, -0.05) is 0 Å². The van der Waals surface area contributed by atoms with Crippen LogP contribution in [0.15, 0.2) is 30.6 Å². The first kappa shape index (κ1) is 13.5. The van der Waals surface area contributed by atoms with Gasteiger partial charge in [-0.25, -0.2) is 4.98 Å². The molecule has 1 heterocycles. The van der Waals surface area contributed by atoms with Gasteiger partial charge >= 0.3 is 0 Å². The molecule has 20 heavy (non-hydrogen) atoms. The predicted octanol–water partition coefficient (Wildman–Crippen LogP) is 1.88. The molecule has 0 aliphatic rings. The van der Waals surface area contributed by atoms with Crippen LogP contribution in [0.1, 0.15) is 5.82 Å². The van der Waals surface area contributed by atoms with E-state index in [9.17, 15) is 20.2 Å². The normalized spacial score (nSPS) is 10.2. The predicted molar refractivity (Wildman–Crippen MR) is 70.5 cm³/mol. The van der Waals surface area contributed by atoms with Gasteiger partial charge in [0.1, 0.15) is 11.5 Å². The first-order valence-electron chi connectivity index (χ1n) is 5.73. The van der Waals surface area contributed by atoms with Crippen molar-refractivity contribution in [2.24, 2.45) is 0 Å². The Labute approximate surface area is 113 Å². The lowest BCUT2D eigenvalue weighted by Gasteiger charge is -2.05. The summed E-state index contributed by atoms with van der Waals surface area (Å²) >= 11 is 0. The van der Waals surface area contributed by atoms with E-state index in [1.54, 1.807) is 12.4 Å². The quantitative estimate of drug-likeness (QED) is 0.613. The van der Waals surface area contributed by atoms with E-state index in [0.717, 1.165) is 11.9 Å². The number of nitrogens with one attached hydrogen (secondary N) is 2. The van der Waals surface area contributed by atoms with Gasteiger partial charge in [0.15, 0.2) is 0 Å². The lowest BCUT2D eigenvalue weighted by Crippen LogP contribution is -2.08. The summed E-state index contributed by atoms with van der Waals surface area (Å²) in [6, 6.07) is 3.50. The van der Waals surface area contributed by atoms with Crippen molar-refractivity contribution in [1.29, 1.82) is 0 Å². The molecule has 0 fully saturated rings. The number of H-pyrrole nitrogens is 1. The maximum atomic E-state index is 10.9. The number of nitro groups is 2. The van der Waals surface area contributed by atoms with Gasteiger partial charge in [0, 0.05) is 31.4 Å². The minimum absolute atomic E-state index is 0.243. The van der Waals surface area contributed by atoms with Gasteiger partial charge in [-0.05, 0) is 6.07 Å². The zero-order valence-corrected chi connectivity index (χ0v) is 10.3. The van der Waals surface area contributed by atoms with E-state index < -0.39 is 9.85 Å². The fraction of sp³-hybridized carbons (Fsp3) is 0.182. The third-order valence-corrected chi connectivity index (χ3v) is 2.62. The summed E-state index contributed by atoms with van der Waals surface area (Å²) in [5.41, 5.74) is -0.390. The number of imidazole rings is 1. The lowest BCUT2D eigenvalue weighted by atomic mass is 10.2. The molecule has 9 heteroatoms. The van der Waals surface area contributed by atoms with Crippen molar-refractivity contribution in [3.05, 3.63) is 56.6 Å². The van der Waals surface area contributed by atoms with E-state index in [1.807, 2.05) is 0 Å². The van der Waals surface area contributed by atoms with Crippen LogP contribution in [-0.4, -0.2) is 26.4 Å². The van der Waals surface area contributed by atoms with Crippen LogP contribution in [0.5, 0.6) is 0 Å². The Morgan fingerprint density at radius 3 is 2.65 bits per heavy atom. The molecule has 2 rings (SSSR count). The molecular weight excluding hydrogens is 266 g/mol. The summed E-state index contributed by atoms with van der Waals surface area (Å²) in [6.07, 6.45) is 3.86. The van der Waals surface area contributed by atoms with E-state index in [2.05, 4.69) is 15.3 Å². The number of hydrogen-bond donors (Lipinski definition) is 2. The van der Waals surface area contributed by atoms with Crippen molar-refractivity contribution >= 4 is 17.1 Å². The van der Waals surface area contributed by atoms with Crippen LogP contribution in [0, 0.1) is 20.2 Å². The van der Waals surface area contributed by atoms with E-state index in [-0.39, 0.29) is 17.1 Å². The summed E-state index contributed by atoms with van der Waals surface area (Å²) in [6.45, 7) is 0.423. The molecule has 0 aliphatic carbocycles. The van der Waals surface area contributed by atoms with E-state index in [4.69, 9.17) is 0 Å². The highest BCUT2D eigenvalue weighted by molar-refractivity contribution is 5.65. The Bertz CT molecular complexity index is 626. The Balaban J connectivity index is 2.10. The van der Waals surface area contributed by atoms with Crippen LogP contribution in [0.3, 0.4) is 0 Å². The molecular formula is C11H11N5O4. The first-order chi connectivity index (χ1) is 9.58. The fourth-order valence-electron chi connectivity index (χ4n) is 1.68. The van der Waals surface area contributed by atoms with Gasteiger partial charge in [0.2, 0.25) is 0 Å². The number of aromatic nitrogens is 2. The van der Waals surface area contributed by atoms with E-state index in [1.165, 1.54) is 12.1 Å². The van der Waals surface area contributed by atoms with Crippen LogP contribution in [0.2, 0.25) is 0 Å². The van der Waals surface area contributed by atoms with Crippen molar-refractivity contribution in [3.8, 4) is 0 Å². The molecule has 2 N–H and O–H groups in total.